The quantitative estimate of drug-likeness (QED) is 0.731. The minimum atomic E-state index is 0.697. The molecule has 0 aliphatic carbocycles. The topological polar surface area (TPSA) is 55.3 Å². The Morgan fingerprint density at radius 1 is 1.17 bits per heavy atom. The molecule has 0 aromatic heterocycles. The van der Waals surface area contributed by atoms with Gasteiger partial charge in [0.1, 0.15) is 0 Å². The van der Waals surface area contributed by atoms with E-state index in [0.29, 0.717) is 6.04 Å². The van der Waals surface area contributed by atoms with Gasteiger partial charge in [0.05, 0.1) is 0 Å². The van der Waals surface area contributed by atoms with Crippen LogP contribution in [0.3, 0.4) is 0 Å². The highest BCUT2D eigenvalue weighted by molar-refractivity contribution is 5.55. The summed E-state index contributed by atoms with van der Waals surface area (Å²) in [5.41, 5.74) is 14.6. The van der Waals surface area contributed by atoms with Crippen LogP contribution < -0.4 is 11.5 Å². The molecule has 4 N–H and O–H groups in total. The maximum absolute atomic E-state index is 5.95. The molecule has 3 nitrogen and oxygen atoms in total. The Bertz CT molecular complexity index is 359. The molecule has 0 aliphatic heterocycles. The van der Waals surface area contributed by atoms with Gasteiger partial charge in [-0.25, -0.2) is 0 Å². The predicted octanol–water partition coefficient (Wildman–Crippen LogP) is 2.90. The van der Waals surface area contributed by atoms with E-state index >= 15 is 0 Å². The highest BCUT2D eigenvalue weighted by atomic mass is 15.1. The van der Waals surface area contributed by atoms with Crippen molar-refractivity contribution >= 4 is 11.4 Å². The van der Waals surface area contributed by atoms with Crippen LogP contribution in [0.2, 0.25) is 0 Å². The summed E-state index contributed by atoms with van der Waals surface area (Å²) in [4.78, 5) is 2.45. The molecule has 18 heavy (non-hydrogen) atoms. The van der Waals surface area contributed by atoms with E-state index in [4.69, 9.17) is 11.5 Å². The smallest absolute Gasteiger partial charge is 0.0348 e. The molecule has 1 aromatic rings. The third-order valence-electron chi connectivity index (χ3n) is 3.69. The first kappa shape index (κ1) is 14.8. The van der Waals surface area contributed by atoms with E-state index in [2.05, 4.69) is 25.8 Å². The van der Waals surface area contributed by atoms with Crippen LogP contribution in [0.4, 0.5) is 11.4 Å². The summed E-state index contributed by atoms with van der Waals surface area (Å²) >= 11 is 0. The molecular formula is C15H27N3. The molecule has 0 unspecified atom stereocenters. The maximum atomic E-state index is 5.95. The molecule has 0 radical (unpaired) electrons. The summed E-state index contributed by atoms with van der Waals surface area (Å²) in [5.74, 6) is 0. The third kappa shape index (κ3) is 4.22. The van der Waals surface area contributed by atoms with Crippen LogP contribution in [0.25, 0.3) is 0 Å². The molecular weight excluding hydrogens is 222 g/mol. The lowest BCUT2D eigenvalue weighted by Crippen LogP contribution is -2.31. The van der Waals surface area contributed by atoms with Crippen LogP contribution in [0.1, 0.15) is 38.7 Å². The number of nitrogen functional groups attached to an aromatic ring is 2. The monoisotopic (exact) mass is 249 g/mol. The molecule has 102 valence electrons. The van der Waals surface area contributed by atoms with Crippen molar-refractivity contribution in [1.29, 1.82) is 0 Å². The highest BCUT2D eigenvalue weighted by Crippen LogP contribution is 2.17. The first-order valence-electron chi connectivity index (χ1n) is 6.92. The normalized spacial score (nSPS) is 11.4. The number of hydrogen-bond acceptors (Lipinski definition) is 3. The van der Waals surface area contributed by atoms with E-state index in [0.717, 1.165) is 30.8 Å². The maximum Gasteiger partial charge on any atom is 0.0348 e. The highest BCUT2D eigenvalue weighted by Gasteiger charge is 2.09. The number of rotatable bonds is 7. The fraction of sp³-hybridized carbons (Fsp3) is 0.600. The summed E-state index contributed by atoms with van der Waals surface area (Å²) in [6, 6.07) is 6.44. The Labute approximate surface area is 111 Å². The molecule has 0 saturated heterocycles. The number of nitrogens with two attached hydrogens (primary N) is 2. The molecule has 3 heteroatoms. The molecule has 0 spiro atoms. The number of benzene rings is 1. The summed E-state index contributed by atoms with van der Waals surface area (Å²) in [5, 5.41) is 0. The summed E-state index contributed by atoms with van der Waals surface area (Å²) < 4.78 is 0. The van der Waals surface area contributed by atoms with Gasteiger partial charge in [-0.1, -0.05) is 13.8 Å². The first-order valence-corrected chi connectivity index (χ1v) is 6.92. The summed E-state index contributed by atoms with van der Waals surface area (Å²) in [7, 11) is 2.21. The lowest BCUT2D eigenvalue weighted by atomic mass is 10.1. The van der Waals surface area contributed by atoms with Gasteiger partial charge in [-0.2, -0.15) is 0 Å². The lowest BCUT2D eigenvalue weighted by Gasteiger charge is -2.26. The van der Waals surface area contributed by atoms with Gasteiger partial charge in [0.15, 0.2) is 0 Å². The molecule has 0 atom stereocenters. The van der Waals surface area contributed by atoms with Crippen LogP contribution in [0.15, 0.2) is 18.2 Å². The van der Waals surface area contributed by atoms with Crippen molar-refractivity contribution in [2.45, 2.75) is 45.6 Å². The van der Waals surface area contributed by atoms with E-state index in [1.807, 2.05) is 18.2 Å². The zero-order valence-electron chi connectivity index (χ0n) is 11.9. The Balaban J connectivity index is 2.44. The average molecular weight is 249 g/mol. The first-order chi connectivity index (χ1) is 8.58. The average Bonchev–Trinajstić information content (AvgIpc) is 2.35. The van der Waals surface area contributed by atoms with Gasteiger partial charge >= 0.3 is 0 Å². The van der Waals surface area contributed by atoms with Crippen LogP contribution in [0.5, 0.6) is 0 Å². The van der Waals surface area contributed by atoms with Crippen LogP contribution in [-0.4, -0.2) is 24.5 Å². The van der Waals surface area contributed by atoms with E-state index in [1.165, 1.54) is 18.4 Å². The van der Waals surface area contributed by atoms with Gasteiger partial charge in [0.25, 0.3) is 0 Å². The van der Waals surface area contributed by atoms with Gasteiger partial charge in [0.2, 0.25) is 0 Å². The van der Waals surface area contributed by atoms with Crippen molar-refractivity contribution in [3.8, 4) is 0 Å². The molecule has 0 aliphatic rings. The van der Waals surface area contributed by atoms with E-state index in [9.17, 15) is 0 Å². The summed E-state index contributed by atoms with van der Waals surface area (Å²) in [6.07, 6.45) is 4.56. The molecule has 0 amide bonds. The second-order valence-corrected chi connectivity index (χ2v) is 5.01. The minimum Gasteiger partial charge on any atom is -0.399 e. The SMILES string of the molecule is CCC(CC)N(C)CCCc1cc(N)ccc1N. The molecule has 0 heterocycles. The minimum absolute atomic E-state index is 0.697. The predicted molar refractivity (Wildman–Crippen MR) is 80.6 cm³/mol. The van der Waals surface area contributed by atoms with Crippen LogP contribution >= 0.6 is 0 Å². The largest absolute Gasteiger partial charge is 0.399 e. The van der Waals surface area contributed by atoms with E-state index in [1.54, 1.807) is 0 Å². The Hall–Kier alpha value is -1.22. The van der Waals surface area contributed by atoms with Crippen molar-refractivity contribution in [2.75, 3.05) is 25.1 Å². The third-order valence-corrected chi connectivity index (χ3v) is 3.69. The molecule has 1 rings (SSSR count). The number of nitrogens with zero attached hydrogens (tertiary/aromatic N) is 1. The van der Waals surface area contributed by atoms with Crippen molar-refractivity contribution in [1.82, 2.24) is 4.90 Å². The number of aryl methyl sites for hydroxylation is 1. The Morgan fingerprint density at radius 3 is 2.44 bits per heavy atom. The molecule has 0 fully saturated rings. The van der Waals surface area contributed by atoms with Gasteiger partial charge in [-0.05, 0) is 63.0 Å². The van der Waals surface area contributed by atoms with E-state index < -0.39 is 0 Å². The second-order valence-electron chi connectivity index (χ2n) is 5.01. The standard InChI is InChI=1S/C15H27N3/c1-4-14(5-2)18(3)10-6-7-12-11-13(16)8-9-15(12)17/h8-9,11,14H,4-7,10,16-17H2,1-3H3. The van der Waals surface area contributed by atoms with Gasteiger partial charge in [-0.3, -0.25) is 0 Å². The van der Waals surface area contributed by atoms with E-state index in [-0.39, 0.29) is 0 Å². The van der Waals surface area contributed by atoms with Crippen LogP contribution in [-0.2, 0) is 6.42 Å². The van der Waals surface area contributed by atoms with Crippen molar-refractivity contribution in [3.63, 3.8) is 0 Å². The fourth-order valence-corrected chi connectivity index (χ4v) is 2.46. The molecule has 0 bridgehead atoms. The van der Waals surface area contributed by atoms with Crippen molar-refractivity contribution < 1.29 is 0 Å². The molecule has 1 aromatic carbocycles. The lowest BCUT2D eigenvalue weighted by molar-refractivity contribution is 0.227. The Morgan fingerprint density at radius 2 is 1.83 bits per heavy atom. The van der Waals surface area contributed by atoms with Gasteiger partial charge < -0.3 is 16.4 Å². The van der Waals surface area contributed by atoms with Gasteiger partial charge in [0, 0.05) is 17.4 Å². The van der Waals surface area contributed by atoms with Crippen molar-refractivity contribution in [2.24, 2.45) is 0 Å². The van der Waals surface area contributed by atoms with Crippen LogP contribution in [0, 0.1) is 0 Å². The number of anilines is 2. The molecule has 0 saturated carbocycles. The zero-order valence-corrected chi connectivity index (χ0v) is 11.9. The zero-order chi connectivity index (χ0) is 13.5. The fourth-order valence-electron chi connectivity index (χ4n) is 2.46. The Kier molecular flexibility index (Phi) is 5.99. The summed E-state index contributed by atoms with van der Waals surface area (Å²) in [6.45, 7) is 5.61. The second kappa shape index (κ2) is 7.27. The van der Waals surface area contributed by atoms with Crippen molar-refractivity contribution in [3.05, 3.63) is 23.8 Å². The van der Waals surface area contributed by atoms with Gasteiger partial charge in [-0.15, -0.1) is 0 Å². The number of hydrogen-bond donors (Lipinski definition) is 2.